The fourth-order valence-corrected chi connectivity index (χ4v) is 3.67. The third-order valence-corrected chi connectivity index (χ3v) is 5.04. The number of anilines is 1. The molecule has 2 heterocycles. The molecule has 23 heavy (non-hydrogen) atoms. The van der Waals surface area contributed by atoms with Gasteiger partial charge < -0.3 is 10.2 Å². The lowest BCUT2D eigenvalue weighted by molar-refractivity contribution is -0.122. The average molecular weight is 330 g/mol. The Morgan fingerprint density at radius 1 is 1.22 bits per heavy atom. The molecule has 0 aliphatic carbocycles. The maximum Gasteiger partial charge on any atom is 0.234 e. The molecule has 122 valence electrons. The number of benzene rings is 1. The number of nitrogens with one attached hydrogen (secondary N) is 1. The molecule has 0 radical (unpaired) electrons. The van der Waals surface area contributed by atoms with Gasteiger partial charge in [0, 0.05) is 38.9 Å². The maximum atomic E-state index is 11.6. The van der Waals surface area contributed by atoms with E-state index in [0.717, 1.165) is 31.3 Å². The van der Waals surface area contributed by atoms with Crippen LogP contribution in [0.4, 0.5) is 5.13 Å². The molecule has 3 rings (SSSR count). The number of rotatable bonds is 5. The number of hydrogen-bond donors (Lipinski definition) is 1. The van der Waals surface area contributed by atoms with Crippen LogP contribution in [0, 0.1) is 0 Å². The first-order chi connectivity index (χ1) is 11.3. The highest BCUT2D eigenvalue weighted by molar-refractivity contribution is 7.18. The third kappa shape index (κ3) is 4.09. The highest BCUT2D eigenvalue weighted by Crippen LogP contribution is 2.31. The Balaban J connectivity index is 1.56. The van der Waals surface area contributed by atoms with Crippen molar-refractivity contribution in [2.45, 2.75) is 6.92 Å². The number of aromatic nitrogens is 1. The predicted molar refractivity (Wildman–Crippen MR) is 94.9 cm³/mol. The lowest BCUT2D eigenvalue weighted by Crippen LogP contribution is -2.49. The van der Waals surface area contributed by atoms with Gasteiger partial charge in [-0.1, -0.05) is 41.7 Å². The van der Waals surface area contributed by atoms with Crippen molar-refractivity contribution in [3.63, 3.8) is 0 Å². The van der Waals surface area contributed by atoms with Crippen molar-refractivity contribution in [2.24, 2.45) is 0 Å². The summed E-state index contributed by atoms with van der Waals surface area (Å²) >= 11 is 1.73. The van der Waals surface area contributed by atoms with Crippen molar-refractivity contribution in [2.75, 3.05) is 44.2 Å². The molecule has 0 unspecified atom stereocenters. The third-order valence-electron chi connectivity index (χ3n) is 3.94. The van der Waals surface area contributed by atoms with Crippen LogP contribution in [0.2, 0.25) is 0 Å². The Bertz CT molecular complexity index is 635. The van der Waals surface area contributed by atoms with Gasteiger partial charge in [-0.15, -0.1) is 0 Å². The second-order valence-corrected chi connectivity index (χ2v) is 6.60. The second kappa shape index (κ2) is 7.57. The molecule has 1 amide bonds. The van der Waals surface area contributed by atoms with E-state index in [-0.39, 0.29) is 5.91 Å². The zero-order valence-corrected chi connectivity index (χ0v) is 14.2. The first-order valence-electron chi connectivity index (χ1n) is 8.01. The Kier molecular flexibility index (Phi) is 5.25. The normalized spacial score (nSPS) is 15.6. The van der Waals surface area contributed by atoms with Crippen molar-refractivity contribution in [3.8, 4) is 10.4 Å². The molecule has 0 spiro atoms. The molecule has 1 aromatic heterocycles. The molecular formula is C17H22N4OS. The van der Waals surface area contributed by atoms with Crippen LogP contribution >= 0.6 is 11.3 Å². The van der Waals surface area contributed by atoms with Gasteiger partial charge in [-0.2, -0.15) is 0 Å². The van der Waals surface area contributed by atoms with Gasteiger partial charge >= 0.3 is 0 Å². The van der Waals surface area contributed by atoms with E-state index in [9.17, 15) is 4.79 Å². The molecule has 1 N–H and O–H groups in total. The highest BCUT2D eigenvalue weighted by atomic mass is 32.1. The number of carbonyl (C=O) groups is 1. The van der Waals surface area contributed by atoms with E-state index in [2.05, 4.69) is 44.4 Å². The highest BCUT2D eigenvalue weighted by Gasteiger charge is 2.21. The van der Waals surface area contributed by atoms with Gasteiger partial charge in [-0.05, 0) is 12.5 Å². The van der Waals surface area contributed by atoms with Gasteiger partial charge in [0.25, 0.3) is 0 Å². The average Bonchev–Trinajstić information content (AvgIpc) is 3.07. The van der Waals surface area contributed by atoms with E-state index in [4.69, 9.17) is 0 Å². The van der Waals surface area contributed by atoms with Crippen LogP contribution in [0.5, 0.6) is 0 Å². The molecule has 0 bridgehead atoms. The van der Waals surface area contributed by atoms with Crippen LogP contribution in [0.1, 0.15) is 6.92 Å². The summed E-state index contributed by atoms with van der Waals surface area (Å²) in [5.74, 6) is 0.113. The number of thiazole rings is 1. The van der Waals surface area contributed by atoms with E-state index >= 15 is 0 Å². The summed E-state index contributed by atoms with van der Waals surface area (Å²) in [4.78, 5) is 21.9. The van der Waals surface area contributed by atoms with Crippen LogP contribution in [-0.2, 0) is 4.79 Å². The maximum absolute atomic E-state index is 11.6. The minimum atomic E-state index is 0.113. The van der Waals surface area contributed by atoms with Crippen molar-refractivity contribution >= 4 is 22.4 Å². The standard InChI is InChI=1S/C17H22N4OS/c1-2-18-16(22)13-20-8-10-21(11-9-20)17-19-12-15(23-17)14-6-4-3-5-7-14/h3-7,12H,2,8-11,13H2,1H3,(H,18,22). The van der Waals surface area contributed by atoms with Crippen molar-refractivity contribution < 1.29 is 4.79 Å². The summed E-state index contributed by atoms with van der Waals surface area (Å²) in [6.07, 6.45) is 1.95. The van der Waals surface area contributed by atoms with Gasteiger partial charge in [0.15, 0.2) is 5.13 Å². The SMILES string of the molecule is CCNC(=O)CN1CCN(c2ncc(-c3ccccc3)s2)CC1. The Morgan fingerprint density at radius 3 is 2.65 bits per heavy atom. The van der Waals surface area contributed by atoms with Gasteiger partial charge in [-0.3, -0.25) is 9.69 Å². The molecule has 1 fully saturated rings. The molecule has 0 saturated carbocycles. The summed E-state index contributed by atoms with van der Waals surface area (Å²) in [7, 11) is 0. The van der Waals surface area contributed by atoms with E-state index in [1.165, 1.54) is 10.4 Å². The second-order valence-electron chi connectivity index (χ2n) is 5.59. The zero-order valence-electron chi connectivity index (χ0n) is 13.4. The fraction of sp³-hybridized carbons (Fsp3) is 0.412. The summed E-state index contributed by atoms with van der Waals surface area (Å²) in [5, 5.41) is 3.92. The number of amides is 1. The van der Waals surface area contributed by atoms with Gasteiger partial charge in [-0.25, -0.2) is 4.98 Å². The lowest BCUT2D eigenvalue weighted by Gasteiger charge is -2.34. The monoisotopic (exact) mass is 330 g/mol. The van der Waals surface area contributed by atoms with Crippen LogP contribution < -0.4 is 10.2 Å². The van der Waals surface area contributed by atoms with Crippen LogP contribution in [-0.4, -0.2) is 55.1 Å². The van der Waals surface area contributed by atoms with Gasteiger partial charge in [0.2, 0.25) is 5.91 Å². The van der Waals surface area contributed by atoms with E-state index in [1.54, 1.807) is 11.3 Å². The largest absolute Gasteiger partial charge is 0.355 e. The molecule has 0 atom stereocenters. The van der Waals surface area contributed by atoms with Crippen molar-refractivity contribution in [1.29, 1.82) is 0 Å². The summed E-state index contributed by atoms with van der Waals surface area (Å²) in [6, 6.07) is 10.4. The van der Waals surface area contributed by atoms with Crippen molar-refractivity contribution in [1.82, 2.24) is 15.2 Å². The number of nitrogens with zero attached hydrogens (tertiary/aromatic N) is 3. The fourth-order valence-electron chi connectivity index (χ4n) is 2.70. The quantitative estimate of drug-likeness (QED) is 0.912. The molecule has 1 aliphatic rings. The summed E-state index contributed by atoms with van der Waals surface area (Å²) in [6.45, 7) is 6.77. The topological polar surface area (TPSA) is 48.5 Å². The molecule has 1 aliphatic heterocycles. The Labute approximate surface area is 140 Å². The minimum absolute atomic E-state index is 0.113. The van der Waals surface area contributed by atoms with Crippen molar-refractivity contribution in [3.05, 3.63) is 36.5 Å². The van der Waals surface area contributed by atoms with E-state index in [1.807, 2.05) is 19.2 Å². The molecular weight excluding hydrogens is 308 g/mol. The molecule has 2 aromatic rings. The van der Waals surface area contributed by atoms with E-state index in [0.29, 0.717) is 13.1 Å². The molecule has 6 heteroatoms. The zero-order chi connectivity index (χ0) is 16.1. The predicted octanol–water partition coefficient (Wildman–Crippen LogP) is 2.07. The van der Waals surface area contributed by atoms with Gasteiger partial charge in [0.05, 0.1) is 11.4 Å². The van der Waals surface area contributed by atoms with Crippen LogP contribution in [0.15, 0.2) is 36.5 Å². The molecule has 1 aromatic carbocycles. The molecule has 1 saturated heterocycles. The smallest absolute Gasteiger partial charge is 0.234 e. The van der Waals surface area contributed by atoms with Gasteiger partial charge in [0.1, 0.15) is 0 Å². The number of likely N-dealkylation sites (N-methyl/N-ethyl adjacent to an activating group) is 1. The van der Waals surface area contributed by atoms with Crippen LogP contribution in [0.3, 0.4) is 0 Å². The first kappa shape index (κ1) is 16.0. The summed E-state index contributed by atoms with van der Waals surface area (Å²) < 4.78 is 0. The number of piperazine rings is 1. The van der Waals surface area contributed by atoms with Crippen LogP contribution in [0.25, 0.3) is 10.4 Å². The summed E-state index contributed by atoms with van der Waals surface area (Å²) in [5.41, 5.74) is 1.21. The number of carbonyl (C=O) groups excluding carboxylic acids is 1. The lowest BCUT2D eigenvalue weighted by atomic mass is 10.2. The Hall–Kier alpha value is -1.92. The minimum Gasteiger partial charge on any atom is -0.355 e. The number of hydrogen-bond acceptors (Lipinski definition) is 5. The van der Waals surface area contributed by atoms with E-state index < -0.39 is 0 Å². The Morgan fingerprint density at radius 2 is 1.96 bits per heavy atom. The molecule has 5 nitrogen and oxygen atoms in total. The first-order valence-corrected chi connectivity index (χ1v) is 8.83.